The summed E-state index contributed by atoms with van der Waals surface area (Å²) in [6.07, 6.45) is 7.12. The minimum atomic E-state index is -0.147. The highest BCUT2D eigenvalue weighted by molar-refractivity contribution is 7.98. The van der Waals surface area contributed by atoms with Crippen LogP contribution in [-0.4, -0.2) is 32.5 Å². The van der Waals surface area contributed by atoms with Crippen LogP contribution in [0.5, 0.6) is 0 Å². The minimum absolute atomic E-state index is 0.147. The SMILES string of the molecule is CSc1nc(C(C=NC(C)(C)C)=CN)cc2ncn(C)c12. The second kappa shape index (κ2) is 5.89. The lowest BCUT2D eigenvalue weighted by atomic mass is 10.1. The Morgan fingerprint density at radius 1 is 1.43 bits per heavy atom. The number of thioether (sulfide) groups is 1. The summed E-state index contributed by atoms with van der Waals surface area (Å²) in [7, 11) is 1.97. The number of nitrogens with zero attached hydrogens (tertiary/aromatic N) is 4. The van der Waals surface area contributed by atoms with Crippen molar-refractivity contribution in [1.82, 2.24) is 14.5 Å². The molecule has 0 radical (unpaired) electrons. The highest BCUT2D eigenvalue weighted by Crippen LogP contribution is 2.26. The molecule has 0 aliphatic heterocycles. The van der Waals surface area contributed by atoms with Gasteiger partial charge in [-0.3, -0.25) is 4.99 Å². The molecular weight excluding hydrogens is 282 g/mol. The van der Waals surface area contributed by atoms with Crippen molar-refractivity contribution < 1.29 is 0 Å². The molecular formula is C15H21N5S. The zero-order chi connectivity index (χ0) is 15.6. The lowest BCUT2D eigenvalue weighted by Gasteiger charge is -2.12. The fourth-order valence-corrected chi connectivity index (χ4v) is 2.52. The predicted molar refractivity (Wildman–Crippen MR) is 90.7 cm³/mol. The fraction of sp³-hybridized carbons (Fsp3) is 0.400. The molecule has 5 nitrogen and oxygen atoms in total. The van der Waals surface area contributed by atoms with E-state index in [0.29, 0.717) is 0 Å². The number of hydrogen-bond acceptors (Lipinski definition) is 5. The van der Waals surface area contributed by atoms with Crippen LogP contribution in [0.2, 0.25) is 0 Å². The summed E-state index contributed by atoms with van der Waals surface area (Å²) in [6, 6.07) is 1.95. The van der Waals surface area contributed by atoms with E-state index in [1.165, 1.54) is 6.20 Å². The maximum atomic E-state index is 5.75. The Bertz CT molecular complexity index is 707. The van der Waals surface area contributed by atoms with Crippen LogP contribution in [0.3, 0.4) is 0 Å². The van der Waals surface area contributed by atoms with Gasteiger partial charge in [0, 0.05) is 25.0 Å². The Morgan fingerprint density at radius 3 is 2.71 bits per heavy atom. The van der Waals surface area contributed by atoms with Crippen molar-refractivity contribution in [2.75, 3.05) is 6.26 Å². The van der Waals surface area contributed by atoms with Crippen LogP contribution in [0.25, 0.3) is 16.6 Å². The third-order valence-electron chi connectivity index (χ3n) is 2.92. The second-order valence-electron chi connectivity index (χ2n) is 5.79. The van der Waals surface area contributed by atoms with Crippen LogP contribution in [0.15, 0.2) is 28.6 Å². The fourth-order valence-electron chi connectivity index (χ4n) is 1.89. The normalized spacial score (nSPS) is 13.5. The number of hydrogen-bond donors (Lipinski definition) is 1. The topological polar surface area (TPSA) is 69.1 Å². The summed E-state index contributed by atoms with van der Waals surface area (Å²) in [5, 5.41) is 0.936. The van der Waals surface area contributed by atoms with Crippen molar-refractivity contribution in [3.8, 4) is 0 Å². The smallest absolute Gasteiger partial charge is 0.122 e. The van der Waals surface area contributed by atoms with Gasteiger partial charge in [-0.05, 0) is 33.1 Å². The standard InChI is InChI=1S/C15H21N5S/c1-15(2,3)18-8-10(7-16)11-6-12-13(14(19-11)21-5)20(4)9-17-12/h6-9H,16H2,1-5H3. The number of aliphatic imine (C=N–C) groups is 1. The average molecular weight is 303 g/mol. The molecule has 2 N–H and O–H groups in total. The molecule has 0 fully saturated rings. The first-order chi connectivity index (χ1) is 9.85. The van der Waals surface area contributed by atoms with Gasteiger partial charge in [-0.25, -0.2) is 9.97 Å². The molecule has 0 aliphatic rings. The van der Waals surface area contributed by atoms with Crippen molar-refractivity contribution in [2.45, 2.75) is 31.3 Å². The summed E-state index contributed by atoms with van der Waals surface area (Å²) in [5.74, 6) is 0. The number of imidazole rings is 1. The Kier molecular flexibility index (Phi) is 4.37. The van der Waals surface area contributed by atoms with Crippen LogP contribution in [0.1, 0.15) is 26.5 Å². The van der Waals surface area contributed by atoms with Crippen molar-refractivity contribution in [1.29, 1.82) is 0 Å². The molecule has 21 heavy (non-hydrogen) atoms. The maximum absolute atomic E-state index is 5.75. The Hall–Kier alpha value is -1.82. The molecule has 2 rings (SSSR count). The molecule has 0 bridgehead atoms. The van der Waals surface area contributed by atoms with Gasteiger partial charge in [-0.15, -0.1) is 11.8 Å². The van der Waals surface area contributed by atoms with Gasteiger partial charge in [0.25, 0.3) is 0 Å². The van der Waals surface area contributed by atoms with Crippen molar-refractivity contribution >= 4 is 34.6 Å². The van der Waals surface area contributed by atoms with E-state index in [4.69, 9.17) is 5.73 Å². The average Bonchev–Trinajstić information content (AvgIpc) is 2.79. The van der Waals surface area contributed by atoms with Gasteiger partial charge in [0.15, 0.2) is 0 Å². The quantitative estimate of drug-likeness (QED) is 0.699. The highest BCUT2D eigenvalue weighted by atomic mass is 32.2. The Morgan fingerprint density at radius 2 is 2.14 bits per heavy atom. The maximum Gasteiger partial charge on any atom is 0.122 e. The summed E-state index contributed by atoms with van der Waals surface area (Å²) in [5.41, 5.74) is 9.14. The van der Waals surface area contributed by atoms with Gasteiger partial charge in [-0.1, -0.05) is 0 Å². The molecule has 0 spiro atoms. The monoisotopic (exact) mass is 303 g/mol. The molecule has 2 aromatic rings. The summed E-state index contributed by atoms with van der Waals surface area (Å²) >= 11 is 1.60. The summed E-state index contributed by atoms with van der Waals surface area (Å²) < 4.78 is 1.98. The number of nitrogens with two attached hydrogens (primary N) is 1. The van der Waals surface area contributed by atoms with Crippen LogP contribution < -0.4 is 5.73 Å². The molecule has 112 valence electrons. The predicted octanol–water partition coefficient (Wildman–Crippen LogP) is 2.86. The Balaban J connectivity index is 2.53. The van der Waals surface area contributed by atoms with Gasteiger partial charge >= 0.3 is 0 Å². The third-order valence-corrected chi connectivity index (χ3v) is 3.59. The molecule has 6 heteroatoms. The van der Waals surface area contributed by atoms with Gasteiger partial charge in [0.05, 0.1) is 23.1 Å². The second-order valence-corrected chi connectivity index (χ2v) is 6.59. The van der Waals surface area contributed by atoms with E-state index in [1.54, 1.807) is 24.3 Å². The number of fused-ring (bicyclic) bond motifs is 1. The van der Waals surface area contributed by atoms with E-state index in [-0.39, 0.29) is 5.54 Å². The van der Waals surface area contributed by atoms with Crippen LogP contribution >= 0.6 is 11.8 Å². The minimum Gasteiger partial charge on any atom is -0.404 e. The summed E-state index contributed by atoms with van der Waals surface area (Å²) in [6.45, 7) is 6.13. The van der Waals surface area contributed by atoms with E-state index >= 15 is 0 Å². The third kappa shape index (κ3) is 3.44. The molecule has 0 aliphatic carbocycles. The van der Waals surface area contributed by atoms with Crippen LogP contribution in [-0.2, 0) is 7.05 Å². The van der Waals surface area contributed by atoms with Crippen molar-refractivity contribution in [3.63, 3.8) is 0 Å². The Labute approximate surface area is 129 Å². The first-order valence-electron chi connectivity index (χ1n) is 6.69. The molecule has 0 saturated carbocycles. The van der Waals surface area contributed by atoms with E-state index in [1.807, 2.05) is 44.7 Å². The molecule has 0 amide bonds. The molecule has 0 saturated heterocycles. The van der Waals surface area contributed by atoms with Crippen molar-refractivity contribution in [2.24, 2.45) is 17.8 Å². The first-order valence-corrected chi connectivity index (χ1v) is 7.91. The number of rotatable bonds is 3. The number of aryl methyl sites for hydroxylation is 1. The van der Waals surface area contributed by atoms with Gasteiger partial charge in [0.2, 0.25) is 0 Å². The van der Waals surface area contributed by atoms with E-state index in [2.05, 4.69) is 15.0 Å². The largest absolute Gasteiger partial charge is 0.404 e. The van der Waals surface area contributed by atoms with E-state index < -0.39 is 0 Å². The molecule has 2 heterocycles. The number of allylic oxidation sites excluding steroid dienone is 1. The van der Waals surface area contributed by atoms with E-state index in [0.717, 1.165) is 27.3 Å². The first kappa shape index (κ1) is 15.6. The molecule has 0 atom stereocenters. The van der Waals surface area contributed by atoms with Gasteiger partial charge < -0.3 is 10.3 Å². The lowest BCUT2D eigenvalue weighted by molar-refractivity contribution is 0.587. The number of aromatic nitrogens is 3. The van der Waals surface area contributed by atoms with Crippen LogP contribution in [0.4, 0.5) is 0 Å². The zero-order valence-electron chi connectivity index (χ0n) is 13.1. The van der Waals surface area contributed by atoms with Crippen molar-refractivity contribution in [3.05, 3.63) is 24.3 Å². The summed E-state index contributed by atoms with van der Waals surface area (Å²) in [4.78, 5) is 13.6. The van der Waals surface area contributed by atoms with Crippen LogP contribution in [0, 0.1) is 0 Å². The van der Waals surface area contributed by atoms with E-state index in [9.17, 15) is 0 Å². The molecule has 0 unspecified atom stereocenters. The lowest BCUT2D eigenvalue weighted by Crippen LogP contribution is -2.10. The van der Waals surface area contributed by atoms with Gasteiger partial charge in [0.1, 0.15) is 10.5 Å². The number of pyridine rings is 1. The van der Waals surface area contributed by atoms with Gasteiger partial charge in [-0.2, -0.15) is 0 Å². The molecule has 0 aromatic carbocycles. The highest BCUT2D eigenvalue weighted by Gasteiger charge is 2.12. The zero-order valence-corrected chi connectivity index (χ0v) is 13.9. The molecule has 2 aromatic heterocycles.